The monoisotopic (exact) mass is 572 g/mol. The maximum absolute atomic E-state index is 15.1. The Morgan fingerprint density at radius 2 is 1.22 bits per heavy atom. The van der Waals surface area contributed by atoms with Gasteiger partial charge in [-0.2, -0.15) is 8.78 Å². The Bertz CT molecular complexity index is 1080. The second-order valence-electron chi connectivity index (χ2n) is 13.4. The van der Waals surface area contributed by atoms with Crippen LogP contribution in [0.3, 0.4) is 0 Å². The molecule has 3 aliphatic carbocycles. The molecule has 0 unspecified atom stereocenters. The first-order chi connectivity index (χ1) is 19.8. The van der Waals surface area contributed by atoms with Crippen LogP contribution in [-0.4, -0.2) is 6.11 Å². The molecule has 0 heterocycles. The minimum absolute atomic E-state index is 0.172. The number of hydrogen-bond donors (Lipinski definition) is 0. The van der Waals surface area contributed by atoms with Gasteiger partial charge in [0.25, 0.3) is 0 Å². The van der Waals surface area contributed by atoms with E-state index in [1.807, 2.05) is 0 Å². The molecule has 41 heavy (non-hydrogen) atoms. The van der Waals surface area contributed by atoms with E-state index < -0.39 is 23.7 Å². The number of ether oxygens (including phenoxy) is 1. The van der Waals surface area contributed by atoms with Gasteiger partial charge in [0.05, 0.1) is 5.92 Å². The summed E-state index contributed by atoms with van der Waals surface area (Å²) in [5, 5.41) is 0. The molecule has 0 aliphatic heterocycles. The summed E-state index contributed by atoms with van der Waals surface area (Å²) >= 11 is 0. The van der Waals surface area contributed by atoms with Crippen molar-refractivity contribution in [1.82, 2.24) is 0 Å². The van der Waals surface area contributed by atoms with Crippen molar-refractivity contribution in [1.29, 1.82) is 0 Å². The van der Waals surface area contributed by atoms with Crippen molar-refractivity contribution in [2.75, 3.05) is 0 Å². The Morgan fingerprint density at radius 3 is 1.76 bits per heavy atom. The molecule has 0 atom stereocenters. The van der Waals surface area contributed by atoms with E-state index in [0.29, 0.717) is 30.2 Å². The zero-order valence-corrected chi connectivity index (χ0v) is 24.7. The molecule has 0 radical (unpaired) electrons. The first-order valence-corrected chi connectivity index (χ1v) is 16.4. The fraction of sp³-hybridized carbons (Fsp3) is 0.667. The van der Waals surface area contributed by atoms with Crippen molar-refractivity contribution in [3.63, 3.8) is 0 Å². The fourth-order valence-electron chi connectivity index (χ4n) is 8.31. The molecule has 2 aromatic rings. The number of alkyl halides is 2. The normalized spacial score (nSPS) is 29.3. The number of benzene rings is 2. The number of halogens is 4. The van der Waals surface area contributed by atoms with Crippen LogP contribution < -0.4 is 4.74 Å². The molecule has 5 heteroatoms. The van der Waals surface area contributed by atoms with Crippen LogP contribution >= 0.6 is 0 Å². The lowest BCUT2D eigenvalue weighted by Gasteiger charge is -2.42. The van der Waals surface area contributed by atoms with E-state index >= 15 is 8.78 Å². The molecule has 3 saturated carbocycles. The molecule has 0 bridgehead atoms. The van der Waals surface area contributed by atoms with Gasteiger partial charge in [0.2, 0.25) is 0 Å². The number of rotatable bonds is 10. The minimum Gasteiger partial charge on any atom is -0.432 e. The molecule has 0 N–H and O–H groups in total. The lowest BCUT2D eigenvalue weighted by Crippen LogP contribution is -2.38. The highest BCUT2D eigenvalue weighted by molar-refractivity contribution is 5.64. The average Bonchev–Trinajstić information content (AvgIpc) is 2.98. The van der Waals surface area contributed by atoms with E-state index in [9.17, 15) is 8.78 Å². The lowest BCUT2D eigenvalue weighted by atomic mass is 9.65. The summed E-state index contributed by atoms with van der Waals surface area (Å²) in [6, 6.07) is 9.23. The summed E-state index contributed by atoms with van der Waals surface area (Å²) < 4.78 is 63.3. The Hall–Kier alpha value is -2.04. The summed E-state index contributed by atoms with van der Waals surface area (Å²) in [6.07, 6.45) is 15.7. The summed E-state index contributed by atoms with van der Waals surface area (Å²) in [5.74, 6) is 1.89. The SMILES string of the molecule is CCCCCC1CCC(C2CCC(C3CCC(C(F)(F)Oc4ccc(-c5ccc(F)cc5)c(F)c4)CC3)CC2)CC1. The quantitative estimate of drug-likeness (QED) is 0.203. The Balaban J connectivity index is 1.05. The van der Waals surface area contributed by atoms with Gasteiger partial charge in [-0.1, -0.05) is 57.6 Å². The van der Waals surface area contributed by atoms with Gasteiger partial charge in [-0.05, 0) is 124 Å². The van der Waals surface area contributed by atoms with E-state index in [-0.39, 0.29) is 11.3 Å². The second kappa shape index (κ2) is 14.0. The van der Waals surface area contributed by atoms with Crippen LogP contribution in [0.25, 0.3) is 11.1 Å². The predicted octanol–water partition coefficient (Wildman–Crippen LogP) is 11.6. The Labute approximate surface area is 244 Å². The summed E-state index contributed by atoms with van der Waals surface area (Å²) in [7, 11) is 0. The molecule has 3 aliphatic rings. The molecule has 2 aromatic carbocycles. The standard InChI is InChI=1S/C36H48F4O/c1-2-3-4-5-25-6-8-26(9-7-25)27-10-12-28(13-11-27)29-14-18-31(19-15-29)36(39,40)41-33-22-23-34(35(38)24-33)30-16-20-32(37)21-17-30/h16-17,20-29,31H,2-15,18-19H2,1H3. The summed E-state index contributed by atoms with van der Waals surface area (Å²) in [6.45, 7) is 2.28. The van der Waals surface area contributed by atoms with Crippen molar-refractivity contribution >= 4 is 0 Å². The molecular formula is C36H48F4O. The van der Waals surface area contributed by atoms with E-state index in [0.717, 1.165) is 36.7 Å². The zero-order valence-electron chi connectivity index (χ0n) is 24.7. The second-order valence-corrected chi connectivity index (χ2v) is 13.4. The van der Waals surface area contributed by atoms with E-state index in [2.05, 4.69) is 6.92 Å². The van der Waals surface area contributed by atoms with Crippen LogP contribution in [0.5, 0.6) is 5.75 Å². The van der Waals surface area contributed by atoms with Crippen LogP contribution in [0, 0.1) is 47.1 Å². The molecular weight excluding hydrogens is 524 g/mol. The Morgan fingerprint density at radius 1 is 0.683 bits per heavy atom. The molecule has 0 spiro atoms. The Kier molecular flexibility index (Phi) is 10.4. The zero-order chi connectivity index (χ0) is 28.8. The van der Waals surface area contributed by atoms with Crippen molar-refractivity contribution < 1.29 is 22.3 Å². The van der Waals surface area contributed by atoms with Crippen molar-refractivity contribution in [3.8, 4) is 16.9 Å². The topological polar surface area (TPSA) is 9.23 Å². The maximum Gasteiger partial charge on any atom is 0.400 e. The summed E-state index contributed by atoms with van der Waals surface area (Å²) in [5.41, 5.74) is 0.714. The molecule has 3 fully saturated rings. The van der Waals surface area contributed by atoms with E-state index in [1.54, 1.807) is 0 Å². The van der Waals surface area contributed by atoms with Crippen LogP contribution in [0.4, 0.5) is 17.6 Å². The van der Waals surface area contributed by atoms with Gasteiger partial charge in [-0.15, -0.1) is 0 Å². The number of unbranched alkanes of at least 4 members (excludes halogenated alkanes) is 2. The fourth-order valence-corrected chi connectivity index (χ4v) is 8.31. The number of hydrogen-bond acceptors (Lipinski definition) is 1. The highest BCUT2D eigenvalue weighted by atomic mass is 19.3. The van der Waals surface area contributed by atoms with Crippen LogP contribution in [0.2, 0.25) is 0 Å². The maximum atomic E-state index is 15.1. The first-order valence-electron chi connectivity index (χ1n) is 16.4. The van der Waals surface area contributed by atoms with E-state index in [4.69, 9.17) is 4.74 Å². The van der Waals surface area contributed by atoms with Crippen LogP contribution in [0.1, 0.15) is 110 Å². The average molecular weight is 573 g/mol. The van der Waals surface area contributed by atoms with Crippen molar-refractivity contribution in [3.05, 3.63) is 54.1 Å². The molecule has 1 nitrogen and oxygen atoms in total. The predicted molar refractivity (Wildman–Crippen MR) is 158 cm³/mol. The molecule has 0 saturated heterocycles. The van der Waals surface area contributed by atoms with Crippen molar-refractivity contribution in [2.45, 2.75) is 116 Å². The molecule has 0 aromatic heterocycles. The van der Waals surface area contributed by atoms with E-state index in [1.165, 1.54) is 113 Å². The van der Waals surface area contributed by atoms with Gasteiger partial charge >= 0.3 is 6.11 Å². The van der Waals surface area contributed by atoms with Gasteiger partial charge in [-0.25, -0.2) is 8.78 Å². The highest BCUT2D eigenvalue weighted by Gasteiger charge is 2.45. The molecule has 5 rings (SSSR count). The van der Waals surface area contributed by atoms with Gasteiger partial charge < -0.3 is 4.74 Å². The minimum atomic E-state index is -3.33. The third kappa shape index (κ3) is 7.87. The van der Waals surface area contributed by atoms with Gasteiger partial charge in [0.15, 0.2) is 0 Å². The van der Waals surface area contributed by atoms with Crippen LogP contribution in [-0.2, 0) is 0 Å². The van der Waals surface area contributed by atoms with Crippen LogP contribution in [0.15, 0.2) is 42.5 Å². The van der Waals surface area contributed by atoms with Gasteiger partial charge in [0, 0.05) is 11.6 Å². The summed E-state index contributed by atoms with van der Waals surface area (Å²) in [4.78, 5) is 0. The third-order valence-corrected chi connectivity index (χ3v) is 10.9. The largest absolute Gasteiger partial charge is 0.432 e. The van der Waals surface area contributed by atoms with Gasteiger partial charge in [0.1, 0.15) is 17.4 Å². The molecule has 226 valence electrons. The lowest BCUT2D eigenvalue weighted by molar-refractivity contribution is -0.224. The smallest absolute Gasteiger partial charge is 0.400 e. The van der Waals surface area contributed by atoms with Gasteiger partial charge in [-0.3, -0.25) is 0 Å². The molecule has 0 amide bonds. The van der Waals surface area contributed by atoms with Crippen molar-refractivity contribution in [2.24, 2.45) is 35.5 Å². The highest BCUT2D eigenvalue weighted by Crippen LogP contribution is 2.48. The first kappa shape index (κ1) is 30.4. The third-order valence-electron chi connectivity index (χ3n) is 10.9.